The molecule has 2 N–H and O–H groups in total. The maximum absolute atomic E-state index is 12.5. The second kappa shape index (κ2) is 6.34. The topological polar surface area (TPSA) is 50.4 Å². The first kappa shape index (κ1) is 16.4. The van der Waals surface area contributed by atoms with Gasteiger partial charge in [0.05, 0.1) is 6.54 Å². The third-order valence-corrected chi connectivity index (χ3v) is 7.32. The highest BCUT2D eigenvalue weighted by Gasteiger charge is 2.51. The number of aryl methyl sites for hydroxylation is 1. The van der Waals surface area contributed by atoms with E-state index in [4.69, 9.17) is 4.74 Å². The average Bonchev–Trinajstić information content (AvgIpc) is 2.92. The van der Waals surface area contributed by atoms with Crippen LogP contribution in [-0.4, -0.2) is 25.2 Å². The number of rotatable bonds is 5. The lowest BCUT2D eigenvalue weighted by Crippen LogP contribution is -2.61. The Morgan fingerprint density at radius 3 is 2.38 bits per heavy atom. The zero-order valence-electron chi connectivity index (χ0n) is 14.6. The quantitative estimate of drug-likeness (QED) is 0.844. The van der Waals surface area contributed by atoms with E-state index >= 15 is 0 Å². The summed E-state index contributed by atoms with van der Waals surface area (Å²) in [4.78, 5) is 15.0. The zero-order chi connectivity index (χ0) is 16.7. The fraction of sp³-hybridized carbons (Fsp3) is 0.737. The third-order valence-electron chi connectivity index (χ3n) is 6.23. The Bertz CT molecular complexity index is 577. The van der Waals surface area contributed by atoms with Crippen molar-refractivity contribution in [1.82, 2.24) is 10.6 Å². The largest absolute Gasteiger partial charge is 0.374 e. The van der Waals surface area contributed by atoms with Gasteiger partial charge in [-0.3, -0.25) is 0 Å². The molecular formula is C19H28N2O2S. The summed E-state index contributed by atoms with van der Waals surface area (Å²) in [6, 6.07) is 4.17. The molecule has 132 valence electrons. The number of hydrogen-bond acceptors (Lipinski definition) is 3. The molecule has 5 rings (SSSR count). The number of urea groups is 1. The van der Waals surface area contributed by atoms with Gasteiger partial charge in [0.1, 0.15) is 6.10 Å². The average molecular weight is 349 g/mol. The van der Waals surface area contributed by atoms with Crippen LogP contribution in [0.4, 0.5) is 4.79 Å². The minimum Gasteiger partial charge on any atom is -0.374 e. The Balaban J connectivity index is 1.33. The minimum absolute atomic E-state index is 0.0210. The molecule has 1 aromatic rings. The maximum Gasteiger partial charge on any atom is 0.315 e. The number of thiophene rings is 1. The van der Waals surface area contributed by atoms with Crippen molar-refractivity contribution in [2.24, 2.45) is 17.8 Å². The first-order valence-corrected chi connectivity index (χ1v) is 10.0. The molecule has 0 spiro atoms. The molecule has 4 bridgehead atoms. The van der Waals surface area contributed by atoms with Crippen LogP contribution in [0.5, 0.6) is 0 Å². The lowest BCUT2D eigenvalue weighted by molar-refractivity contribution is -0.0137. The van der Waals surface area contributed by atoms with Gasteiger partial charge in [0, 0.05) is 22.4 Å². The molecule has 5 heteroatoms. The van der Waals surface area contributed by atoms with Crippen molar-refractivity contribution >= 4 is 17.4 Å². The van der Waals surface area contributed by atoms with Crippen LogP contribution in [0.2, 0.25) is 0 Å². The molecule has 2 amide bonds. The first-order valence-electron chi connectivity index (χ1n) is 9.20. The van der Waals surface area contributed by atoms with Gasteiger partial charge in [-0.25, -0.2) is 4.79 Å². The van der Waals surface area contributed by atoms with E-state index in [0.29, 0.717) is 6.54 Å². The summed E-state index contributed by atoms with van der Waals surface area (Å²) in [5, 5.41) is 6.41. The molecule has 24 heavy (non-hydrogen) atoms. The van der Waals surface area contributed by atoms with Crippen molar-refractivity contribution in [3.05, 3.63) is 21.9 Å². The molecule has 1 unspecified atom stereocenters. The Labute approximate surface area is 148 Å². The van der Waals surface area contributed by atoms with E-state index in [-0.39, 0.29) is 17.7 Å². The van der Waals surface area contributed by atoms with Gasteiger partial charge >= 0.3 is 6.03 Å². The van der Waals surface area contributed by atoms with Gasteiger partial charge < -0.3 is 15.4 Å². The van der Waals surface area contributed by atoms with E-state index in [1.807, 2.05) is 0 Å². The molecular weight excluding hydrogens is 320 g/mol. The van der Waals surface area contributed by atoms with E-state index in [2.05, 4.69) is 29.7 Å². The van der Waals surface area contributed by atoms with Gasteiger partial charge in [-0.1, -0.05) is 0 Å². The number of amides is 2. The second-order valence-corrected chi connectivity index (χ2v) is 9.53. The van der Waals surface area contributed by atoms with Crippen LogP contribution >= 0.6 is 11.3 Å². The fourth-order valence-electron chi connectivity index (χ4n) is 5.66. The summed E-state index contributed by atoms with van der Waals surface area (Å²) in [5.74, 6) is 2.53. The first-order chi connectivity index (χ1) is 11.5. The van der Waals surface area contributed by atoms with Crippen LogP contribution < -0.4 is 10.6 Å². The van der Waals surface area contributed by atoms with Gasteiger partial charge in [-0.2, -0.15) is 0 Å². The van der Waals surface area contributed by atoms with Crippen molar-refractivity contribution in [2.45, 2.75) is 57.1 Å². The van der Waals surface area contributed by atoms with Crippen LogP contribution in [-0.2, 0) is 4.74 Å². The summed E-state index contributed by atoms with van der Waals surface area (Å²) in [7, 11) is 1.71. The second-order valence-electron chi connectivity index (χ2n) is 8.21. The van der Waals surface area contributed by atoms with Crippen LogP contribution in [0.3, 0.4) is 0 Å². The van der Waals surface area contributed by atoms with E-state index in [9.17, 15) is 4.79 Å². The normalized spacial score (nSPS) is 35.0. The van der Waals surface area contributed by atoms with E-state index in [1.54, 1.807) is 18.4 Å². The molecule has 0 aromatic carbocycles. The fourth-order valence-corrected chi connectivity index (χ4v) is 6.62. The van der Waals surface area contributed by atoms with E-state index in [1.165, 1.54) is 48.3 Å². The molecule has 0 radical (unpaired) electrons. The Kier molecular flexibility index (Phi) is 4.33. The Hall–Kier alpha value is -1.07. The predicted molar refractivity (Wildman–Crippen MR) is 96.2 cm³/mol. The Morgan fingerprint density at radius 1 is 1.25 bits per heavy atom. The molecule has 1 aromatic heterocycles. The zero-order valence-corrected chi connectivity index (χ0v) is 15.5. The molecule has 4 nitrogen and oxygen atoms in total. The third kappa shape index (κ3) is 3.21. The van der Waals surface area contributed by atoms with Crippen LogP contribution in [0.15, 0.2) is 12.1 Å². The van der Waals surface area contributed by atoms with Gasteiger partial charge in [0.15, 0.2) is 0 Å². The molecule has 1 heterocycles. The lowest BCUT2D eigenvalue weighted by atomic mass is 9.53. The number of carbonyl (C=O) groups is 1. The molecule has 4 saturated carbocycles. The van der Waals surface area contributed by atoms with Crippen molar-refractivity contribution in [3.63, 3.8) is 0 Å². The van der Waals surface area contributed by atoms with Crippen molar-refractivity contribution in [2.75, 3.05) is 13.7 Å². The monoisotopic (exact) mass is 348 g/mol. The predicted octanol–water partition coefficient (Wildman–Crippen LogP) is 4.01. The summed E-state index contributed by atoms with van der Waals surface area (Å²) in [5.41, 5.74) is 0.0704. The number of carbonyl (C=O) groups excluding carboxylic acids is 1. The molecule has 4 fully saturated rings. The van der Waals surface area contributed by atoms with Crippen molar-refractivity contribution in [3.8, 4) is 0 Å². The number of hydrogen-bond donors (Lipinski definition) is 2. The smallest absolute Gasteiger partial charge is 0.315 e. The number of methoxy groups -OCH3 is 1. The van der Waals surface area contributed by atoms with Crippen molar-refractivity contribution in [1.29, 1.82) is 0 Å². The van der Waals surface area contributed by atoms with E-state index < -0.39 is 0 Å². The minimum atomic E-state index is -0.0641. The van der Waals surface area contributed by atoms with Gasteiger partial charge in [-0.05, 0) is 75.3 Å². The lowest BCUT2D eigenvalue weighted by Gasteiger charge is -2.56. The highest BCUT2D eigenvalue weighted by atomic mass is 32.1. The van der Waals surface area contributed by atoms with Gasteiger partial charge in [0.25, 0.3) is 0 Å². The molecule has 4 aliphatic carbocycles. The maximum atomic E-state index is 12.5. The Morgan fingerprint density at radius 2 is 1.88 bits per heavy atom. The van der Waals surface area contributed by atoms with Crippen LogP contribution in [0.1, 0.15) is 54.4 Å². The molecule has 1 atom stereocenters. The van der Waals surface area contributed by atoms with E-state index in [0.717, 1.165) is 17.8 Å². The summed E-state index contributed by atoms with van der Waals surface area (Å²) in [6.45, 7) is 2.61. The SMILES string of the molecule is COC(CNC(=O)NC12CC3CC(CC(C3)C1)C2)c1ccc(C)s1. The summed E-state index contributed by atoms with van der Waals surface area (Å²) < 4.78 is 5.56. The van der Waals surface area contributed by atoms with Gasteiger partial charge in [0.2, 0.25) is 0 Å². The summed E-state index contributed by atoms with van der Waals surface area (Å²) in [6.07, 6.45) is 7.67. The molecule has 0 aliphatic heterocycles. The van der Waals surface area contributed by atoms with Crippen molar-refractivity contribution < 1.29 is 9.53 Å². The highest BCUT2D eigenvalue weighted by Crippen LogP contribution is 2.55. The van der Waals surface area contributed by atoms with Crippen LogP contribution in [0, 0.1) is 24.7 Å². The van der Waals surface area contributed by atoms with Crippen LogP contribution in [0.25, 0.3) is 0 Å². The number of ether oxygens (including phenoxy) is 1. The summed E-state index contributed by atoms with van der Waals surface area (Å²) >= 11 is 1.73. The standard InChI is InChI=1S/C19H28N2O2S/c1-12-3-4-17(24-12)16(23-2)11-20-18(22)21-19-8-13-5-14(9-19)7-15(6-13)10-19/h3-4,13-16H,5-11H2,1-2H3,(H2,20,21,22). The van der Waals surface area contributed by atoms with Gasteiger partial charge in [-0.15, -0.1) is 11.3 Å². The number of nitrogens with one attached hydrogen (secondary N) is 2. The highest BCUT2D eigenvalue weighted by molar-refractivity contribution is 7.12. The molecule has 0 saturated heterocycles. The molecule has 4 aliphatic rings.